The Labute approximate surface area is 178 Å². The third-order valence-electron chi connectivity index (χ3n) is 4.35. The Balaban J connectivity index is 1.54. The zero-order valence-corrected chi connectivity index (χ0v) is 17.4. The van der Waals surface area contributed by atoms with E-state index in [1.54, 1.807) is 24.8 Å². The third kappa shape index (κ3) is 4.66. The summed E-state index contributed by atoms with van der Waals surface area (Å²) >= 11 is 1.51. The molecule has 0 aromatic carbocycles. The fourth-order valence-electron chi connectivity index (χ4n) is 2.97. The molecule has 8 heteroatoms. The molecule has 0 aliphatic heterocycles. The van der Waals surface area contributed by atoms with Gasteiger partial charge in [-0.05, 0) is 54.4 Å². The van der Waals surface area contributed by atoms with Crippen LogP contribution >= 0.6 is 11.3 Å². The summed E-state index contributed by atoms with van der Waals surface area (Å²) in [6, 6.07) is 13.5. The average Bonchev–Trinajstić information content (AvgIpc) is 3.25. The Kier molecular flexibility index (Phi) is 5.76. The van der Waals surface area contributed by atoms with Crippen LogP contribution in [0.5, 0.6) is 0 Å². The number of carbonyl (C=O) groups excluding carboxylic acids is 1. The summed E-state index contributed by atoms with van der Waals surface area (Å²) in [6.07, 6.45) is 7.08. The highest BCUT2D eigenvalue weighted by Gasteiger charge is 2.13. The summed E-state index contributed by atoms with van der Waals surface area (Å²) in [4.78, 5) is 29.8. The molecule has 150 valence electrons. The molecule has 0 unspecified atom stereocenters. The molecule has 4 aromatic heterocycles. The second-order valence-electron chi connectivity index (χ2n) is 6.68. The van der Waals surface area contributed by atoms with E-state index in [0.29, 0.717) is 11.6 Å². The number of hydrogen-bond acceptors (Lipinski definition) is 7. The Bertz CT molecular complexity index is 1160. The Morgan fingerprint density at radius 2 is 1.80 bits per heavy atom. The van der Waals surface area contributed by atoms with Gasteiger partial charge in [-0.25, -0.2) is 15.0 Å². The molecule has 0 aliphatic rings. The lowest BCUT2D eigenvalue weighted by molar-refractivity contribution is -0.119. The molecular formula is C22H20N6OS. The summed E-state index contributed by atoms with van der Waals surface area (Å²) < 4.78 is 0. The van der Waals surface area contributed by atoms with Crippen LogP contribution in [0.15, 0.2) is 67.3 Å². The van der Waals surface area contributed by atoms with Crippen LogP contribution in [0.3, 0.4) is 0 Å². The third-order valence-corrected chi connectivity index (χ3v) is 5.55. The lowest BCUT2D eigenvalue weighted by Gasteiger charge is -2.09. The second-order valence-corrected chi connectivity index (χ2v) is 7.75. The number of thiazole rings is 1. The van der Waals surface area contributed by atoms with Gasteiger partial charge in [-0.15, -0.1) is 11.3 Å². The molecule has 2 N–H and O–H groups in total. The van der Waals surface area contributed by atoms with Gasteiger partial charge in [-0.2, -0.15) is 0 Å². The normalized spacial score (nSPS) is 11.7. The first-order chi connectivity index (χ1) is 14.6. The summed E-state index contributed by atoms with van der Waals surface area (Å²) in [5, 5.41) is 6.96. The summed E-state index contributed by atoms with van der Waals surface area (Å²) in [6.45, 7) is 3.41. The van der Waals surface area contributed by atoms with E-state index in [-0.39, 0.29) is 11.9 Å². The summed E-state index contributed by atoms with van der Waals surface area (Å²) in [7, 11) is 0. The van der Waals surface area contributed by atoms with Crippen LogP contribution in [0.2, 0.25) is 0 Å². The Morgan fingerprint density at radius 1 is 1.00 bits per heavy atom. The van der Waals surface area contributed by atoms with Crippen molar-refractivity contribution in [1.82, 2.24) is 25.3 Å². The van der Waals surface area contributed by atoms with Gasteiger partial charge in [-0.3, -0.25) is 9.78 Å². The van der Waals surface area contributed by atoms with Crippen molar-refractivity contribution in [1.29, 1.82) is 0 Å². The van der Waals surface area contributed by atoms with Crippen molar-refractivity contribution in [2.75, 3.05) is 5.32 Å². The first-order valence-electron chi connectivity index (χ1n) is 9.42. The molecule has 4 aromatic rings. The minimum Gasteiger partial charge on any atom is -0.347 e. The van der Waals surface area contributed by atoms with E-state index in [2.05, 4.69) is 25.6 Å². The first-order valence-corrected chi connectivity index (χ1v) is 10.2. The van der Waals surface area contributed by atoms with Gasteiger partial charge in [0.1, 0.15) is 16.6 Å². The van der Waals surface area contributed by atoms with Crippen molar-refractivity contribution in [3.8, 4) is 21.7 Å². The molecule has 30 heavy (non-hydrogen) atoms. The second kappa shape index (κ2) is 8.79. The van der Waals surface area contributed by atoms with E-state index < -0.39 is 0 Å². The van der Waals surface area contributed by atoms with E-state index in [9.17, 15) is 4.79 Å². The molecule has 4 heterocycles. The Morgan fingerprint density at radius 3 is 2.60 bits per heavy atom. The van der Waals surface area contributed by atoms with E-state index in [4.69, 9.17) is 4.98 Å². The number of amides is 1. The van der Waals surface area contributed by atoms with Crippen molar-refractivity contribution in [3.05, 3.63) is 72.3 Å². The highest BCUT2D eigenvalue weighted by atomic mass is 32.1. The number of nitrogens with one attached hydrogen (secondary N) is 2. The smallest absolute Gasteiger partial charge is 0.217 e. The van der Waals surface area contributed by atoms with Gasteiger partial charge < -0.3 is 10.6 Å². The minimum atomic E-state index is -0.136. The fourth-order valence-corrected chi connectivity index (χ4v) is 3.86. The van der Waals surface area contributed by atoms with Crippen LogP contribution < -0.4 is 10.6 Å². The highest BCUT2D eigenvalue weighted by molar-refractivity contribution is 7.15. The standard InChI is InChI=1S/C22H20N6OS/c1-14(26-15(2)29)22-25-13-19(30-22)18-4-3-5-20(27-18)28-21-12-17(8-11-24-21)16-6-9-23-10-7-16/h3-14H,1-2H3,(H,26,29)(H,24,27,28)/t14-/m0/s1. The number of hydrogen-bond donors (Lipinski definition) is 2. The van der Waals surface area contributed by atoms with Crippen LogP contribution in [-0.2, 0) is 4.79 Å². The number of aromatic nitrogens is 4. The quantitative estimate of drug-likeness (QED) is 0.477. The maximum absolute atomic E-state index is 11.3. The lowest BCUT2D eigenvalue weighted by Crippen LogP contribution is -2.23. The molecule has 1 atom stereocenters. The summed E-state index contributed by atoms with van der Waals surface area (Å²) in [5.41, 5.74) is 2.93. The molecule has 0 aliphatic carbocycles. The van der Waals surface area contributed by atoms with Crippen LogP contribution in [0.1, 0.15) is 24.9 Å². The number of anilines is 2. The van der Waals surface area contributed by atoms with Gasteiger partial charge in [0.05, 0.1) is 16.6 Å². The van der Waals surface area contributed by atoms with Crippen LogP contribution in [-0.4, -0.2) is 25.8 Å². The molecule has 0 saturated carbocycles. The highest BCUT2D eigenvalue weighted by Crippen LogP contribution is 2.29. The van der Waals surface area contributed by atoms with Gasteiger partial charge in [-0.1, -0.05) is 6.07 Å². The number of pyridine rings is 3. The van der Waals surface area contributed by atoms with Crippen LogP contribution in [0, 0.1) is 0 Å². The van der Waals surface area contributed by atoms with E-state index >= 15 is 0 Å². The molecule has 0 bridgehead atoms. The molecule has 0 saturated heterocycles. The van der Waals surface area contributed by atoms with Crippen LogP contribution in [0.25, 0.3) is 21.7 Å². The molecule has 7 nitrogen and oxygen atoms in total. The van der Waals surface area contributed by atoms with Crippen LogP contribution in [0.4, 0.5) is 11.6 Å². The zero-order chi connectivity index (χ0) is 20.9. The van der Waals surface area contributed by atoms with Gasteiger partial charge >= 0.3 is 0 Å². The molecule has 0 radical (unpaired) electrons. The number of nitrogens with zero attached hydrogens (tertiary/aromatic N) is 4. The predicted octanol–water partition coefficient (Wildman–Crippen LogP) is 4.60. The van der Waals surface area contributed by atoms with Gasteiger partial charge in [0.2, 0.25) is 5.91 Å². The topological polar surface area (TPSA) is 92.7 Å². The van der Waals surface area contributed by atoms with Crippen molar-refractivity contribution in [3.63, 3.8) is 0 Å². The van der Waals surface area contributed by atoms with Gasteiger partial charge in [0.15, 0.2) is 0 Å². The van der Waals surface area contributed by atoms with Gasteiger partial charge in [0, 0.05) is 31.7 Å². The van der Waals surface area contributed by atoms with Crippen molar-refractivity contribution in [2.45, 2.75) is 19.9 Å². The summed E-state index contributed by atoms with van der Waals surface area (Å²) in [5.74, 6) is 1.32. The van der Waals surface area contributed by atoms with Crippen molar-refractivity contribution < 1.29 is 4.79 Å². The minimum absolute atomic E-state index is 0.0786. The average molecular weight is 417 g/mol. The molecule has 0 fully saturated rings. The maximum Gasteiger partial charge on any atom is 0.217 e. The predicted molar refractivity (Wildman–Crippen MR) is 118 cm³/mol. The maximum atomic E-state index is 11.3. The lowest BCUT2D eigenvalue weighted by atomic mass is 10.1. The zero-order valence-electron chi connectivity index (χ0n) is 16.5. The van der Waals surface area contributed by atoms with Crippen molar-refractivity contribution >= 4 is 28.9 Å². The molecular weight excluding hydrogens is 396 g/mol. The molecule has 4 rings (SSSR count). The van der Waals surface area contributed by atoms with Gasteiger partial charge in [0.25, 0.3) is 0 Å². The van der Waals surface area contributed by atoms with E-state index in [1.165, 1.54) is 18.3 Å². The Hall–Kier alpha value is -3.65. The molecule has 0 spiro atoms. The van der Waals surface area contributed by atoms with Crippen molar-refractivity contribution in [2.24, 2.45) is 0 Å². The number of rotatable bonds is 6. The largest absolute Gasteiger partial charge is 0.347 e. The monoisotopic (exact) mass is 416 g/mol. The molecule has 1 amide bonds. The first kappa shape index (κ1) is 19.7. The number of carbonyl (C=O) groups is 1. The SMILES string of the molecule is CC(=O)N[C@@H](C)c1ncc(-c2cccc(Nc3cc(-c4ccncc4)ccn3)n2)s1. The van der Waals surface area contributed by atoms with E-state index in [1.807, 2.05) is 49.4 Å². The van der Waals surface area contributed by atoms with E-state index in [0.717, 1.165) is 26.7 Å². The fraction of sp³-hybridized carbons (Fsp3) is 0.136.